The standard InChI is InChI=1S/C10H17/c1-3-5-7-9-10-8-6-4-2/h3,6,8,10H,1,4-5,7,9H2,2H3. The third kappa shape index (κ3) is 7.48. The summed E-state index contributed by atoms with van der Waals surface area (Å²) in [6.07, 6.45) is 13.2. The Balaban J connectivity index is 2.89. The second kappa shape index (κ2) is 8.48. The summed E-state index contributed by atoms with van der Waals surface area (Å²) in [4.78, 5) is 0. The molecule has 0 aromatic carbocycles. The van der Waals surface area contributed by atoms with E-state index in [0.717, 1.165) is 12.8 Å². The van der Waals surface area contributed by atoms with E-state index in [1.54, 1.807) is 0 Å². The topological polar surface area (TPSA) is 0 Å². The van der Waals surface area contributed by atoms with Crippen LogP contribution in [0, 0.1) is 6.42 Å². The Morgan fingerprint density at radius 2 is 2.10 bits per heavy atom. The lowest BCUT2D eigenvalue weighted by Gasteiger charge is -1.90. The number of hydrogen-bond acceptors (Lipinski definition) is 0. The van der Waals surface area contributed by atoms with Gasteiger partial charge in [-0.2, -0.15) is 0 Å². The third-order valence-electron chi connectivity index (χ3n) is 1.29. The normalized spacial score (nSPS) is 10.5. The first-order valence-electron chi connectivity index (χ1n) is 4.01. The Hall–Kier alpha value is -0.520. The van der Waals surface area contributed by atoms with E-state index in [-0.39, 0.29) is 0 Å². The van der Waals surface area contributed by atoms with E-state index >= 15 is 0 Å². The largest absolute Gasteiger partial charge is 0.103 e. The average Bonchev–Trinajstić information content (AvgIpc) is 1.97. The summed E-state index contributed by atoms with van der Waals surface area (Å²) >= 11 is 0. The zero-order valence-corrected chi connectivity index (χ0v) is 6.84. The van der Waals surface area contributed by atoms with Crippen LogP contribution in [0.3, 0.4) is 0 Å². The summed E-state index contributed by atoms with van der Waals surface area (Å²) in [6, 6.07) is 0. The highest BCUT2D eigenvalue weighted by molar-refractivity contribution is 4.93. The van der Waals surface area contributed by atoms with Gasteiger partial charge in [-0.1, -0.05) is 25.2 Å². The molecule has 0 heteroatoms. The molecule has 0 saturated carbocycles. The fourth-order valence-electron chi connectivity index (χ4n) is 0.709. The predicted molar refractivity (Wildman–Crippen MR) is 47.8 cm³/mol. The molecule has 0 aliphatic heterocycles. The van der Waals surface area contributed by atoms with Crippen LogP contribution in [0.1, 0.15) is 32.6 Å². The number of unbranched alkanes of at least 4 members (excludes halogenated alkanes) is 3. The zero-order valence-electron chi connectivity index (χ0n) is 6.84. The monoisotopic (exact) mass is 137 g/mol. The fourth-order valence-corrected chi connectivity index (χ4v) is 0.709. The van der Waals surface area contributed by atoms with Crippen LogP contribution >= 0.6 is 0 Å². The zero-order chi connectivity index (χ0) is 7.66. The molecule has 0 saturated heterocycles. The average molecular weight is 137 g/mol. The lowest BCUT2D eigenvalue weighted by atomic mass is 10.2. The van der Waals surface area contributed by atoms with Crippen LogP contribution in [-0.4, -0.2) is 0 Å². The molecule has 0 aliphatic rings. The van der Waals surface area contributed by atoms with Gasteiger partial charge in [-0.3, -0.25) is 0 Å². The van der Waals surface area contributed by atoms with E-state index in [2.05, 4.69) is 32.1 Å². The molecule has 0 fully saturated rings. The Labute approximate surface area is 64.6 Å². The molecular weight excluding hydrogens is 120 g/mol. The van der Waals surface area contributed by atoms with Crippen molar-refractivity contribution >= 4 is 0 Å². The van der Waals surface area contributed by atoms with Crippen LogP contribution in [0.4, 0.5) is 0 Å². The number of hydrogen-bond donors (Lipinski definition) is 0. The van der Waals surface area contributed by atoms with Gasteiger partial charge in [0.05, 0.1) is 0 Å². The van der Waals surface area contributed by atoms with Crippen LogP contribution in [-0.2, 0) is 0 Å². The molecule has 0 amide bonds. The van der Waals surface area contributed by atoms with E-state index in [9.17, 15) is 0 Å². The van der Waals surface area contributed by atoms with Gasteiger partial charge in [0.15, 0.2) is 0 Å². The summed E-state index contributed by atoms with van der Waals surface area (Å²) in [7, 11) is 0. The number of allylic oxidation sites excluding steroid dienone is 3. The van der Waals surface area contributed by atoms with Gasteiger partial charge in [0.25, 0.3) is 0 Å². The Bertz CT molecular complexity index is 90.2. The minimum Gasteiger partial charge on any atom is -0.103 e. The quantitative estimate of drug-likeness (QED) is 0.388. The molecule has 10 heavy (non-hydrogen) atoms. The maximum Gasteiger partial charge on any atom is -0.0170 e. The second-order valence-electron chi connectivity index (χ2n) is 2.29. The van der Waals surface area contributed by atoms with Crippen molar-refractivity contribution in [3.05, 3.63) is 31.2 Å². The second-order valence-corrected chi connectivity index (χ2v) is 2.29. The minimum absolute atomic E-state index is 1.14. The van der Waals surface area contributed by atoms with Gasteiger partial charge < -0.3 is 0 Å². The van der Waals surface area contributed by atoms with E-state index in [1.807, 2.05) is 6.08 Å². The van der Waals surface area contributed by atoms with Crippen molar-refractivity contribution in [1.29, 1.82) is 0 Å². The Kier molecular flexibility index (Phi) is 8.04. The maximum atomic E-state index is 3.66. The van der Waals surface area contributed by atoms with E-state index in [0.29, 0.717) is 0 Å². The molecule has 0 nitrogen and oxygen atoms in total. The predicted octanol–water partition coefficient (Wildman–Crippen LogP) is 3.51. The summed E-state index contributed by atoms with van der Waals surface area (Å²) in [5.41, 5.74) is 0. The Morgan fingerprint density at radius 3 is 2.70 bits per heavy atom. The first-order chi connectivity index (χ1) is 4.91. The van der Waals surface area contributed by atoms with E-state index in [1.165, 1.54) is 12.8 Å². The maximum absolute atomic E-state index is 3.66. The molecule has 57 valence electrons. The van der Waals surface area contributed by atoms with Crippen LogP contribution in [0.15, 0.2) is 24.8 Å². The van der Waals surface area contributed by atoms with E-state index in [4.69, 9.17) is 0 Å². The van der Waals surface area contributed by atoms with Crippen molar-refractivity contribution in [2.45, 2.75) is 32.6 Å². The van der Waals surface area contributed by atoms with Crippen LogP contribution < -0.4 is 0 Å². The first kappa shape index (κ1) is 9.48. The number of rotatable bonds is 6. The molecular formula is C10H17. The summed E-state index contributed by atoms with van der Waals surface area (Å²) in [5, 5.41) is 0. The fraction of sp³-hybridized carbons (Fsp3) is 0.500. The minimum atomic E-state index is 1.14. The molecule has 0 rings (SSSR count). The lowest BCUT2D eigenvalue weighted by molar-refractivity contribution is 0.843. The molecule has 0 aromatic heterocycles. The van der Waals surface area contributed by atoms with Gasteiger partial charge in [0, 0.05) is 0 Å². The van der Waals surface area contributed by atoms with Crippen molar-refractivity contribution in [3.8, 4) is 0 Å². The van der Waals surface area contributed by atoms with Gasteiger partial charge in [-0.25, -0.2) is 0 Å². The highest BCUT2D eigenvalue weighted by Crippen LogP contribution is 1.99. The molecule has 0 heterocycles. The summed E-state index contributed by atoms with van der Waals surface area (Å²) in [6.45, 7) is 5.81. The molecule has 1 radical (unpaired) electrons. The molecule has 0 N–H and O–H groups in total. The van der Waals surface area contributed by atoms with Crippen LogP contribution in [0.5, 0.6) is 0 Å². The molecule has 0 spiro atoms. The summed E-state index contributed by atoms with van der Waals surface area (Å²) < 4.78 is 0. The van der Waals surface area contributed by atoms with Gasteiger partial charge >= 0.3 is 0 Å². The van der Waals surface area contributed by atoms with Crippen molar-refractivity contribution < 1.29 is 0 Å². The molecule has 0 unspecified atom stereocenters. The van der Waals surface area contributed by atoms with Gasteiger partial charge in [0.2, 0.25) is 0 Å². The van der Waals surface area contributed by atoms with E-state index < -0.39 is 0 Å². The smallest absolute Gasteiger partial charge is 0.0170 e. The molecule has 0 aromatic rings. The first-order valence-corrected chi connectivity index (χ1v) is 4.01. The highest BCUT2D eigenvalue weighted by atomic mass is 13.9. The summed E-state index contributed by atoms with van der Waals surface area (Å²) in [5.74, 6) is 0. The van der Waals surface area contributed by atoms with Crippen LogP contribution in [0.2, 0.25) is 0 Å². The Morgan fingerprint density at radius 1 is 1.30 bits per heavy atom. The van der Waals surface area contributed by atoms with Crippen molar-refractivity contribution in [2.24, 2.45) is 0 Å². The third-order valence-corrected chi connectivity index (χ3v) is 1.29. The van der Waals surface area contributed by atoms with Crippen LogP contribution in [0.25, 0.3) is 0 Å². The lowest BCUT2D eigenvalue weighted by Crippen LogP contribution is -1.72. The van der Waals surface area contributed by atoms with Crippen molar-refractivity contribution in [1.82, 2.24) is 0 Å². The van der Waals surface area contributed by atoms with Gasteiger partial charge in [-0.05, 0) is 32.1 Å². The van der Waals surface area contributed by atoms with Gasteiger partial charge in [0.1, 0.15) is 0 Å². The van der Waals surface area contributed by atoms with Crippen molar-refractivity contribution in [3.63, 3.8) is 0 Å². The SMILES string of the molecule is C=CCCC[CH]C=CCC. The van der Waals surface area contributed by atoms with Crippen molar-refractivity contribution in [2.75, 3.05) is 0 Å². The van der Waals surface area contributed by atoms with Gasteiger partial charge in [-0.15, -0.1) is 6.58 Å². The highest BCUT2D eigenvalue weighted by Gasteiger charge is 1.81. The molecule has 0 aliphatic carbocycles. The molecule has 0 atom stereocenters. The molecule has 0 bridgehead atoms.